The molecule has 2 rings (SSSR count). The number of hydrogen-bond donors (Lipinski definition) is 1. The van der Waals surface area contributed by atoms with Crippen molar-refractivity contribution < 1.29 is 19.1 Å². The molecule has 0 radical (unpaired) electrons. The maximum Gasteiger partial charge on any atom is 0.339 e. The molecule has 118 valence electrons. The van der Waals surface area contributed by atoms with E-state index in [1.165, 1.54) is 19.1 Å². The van der Waals surface area contributed by atoms with Crippen molar-refractivity contribution in [3.8, 4) is 0 Å². The number of carbonyl (C=O) groups excluding carboxylic acids is 3. The zero-order chi connectivity index (χ0) is 17.0. The Labute approximate surface area is 138 Å². The summed E-state index contributed by atoms with van der Waals surface area (Å²) in [5.41, 5.74) is 5.70. The summed E-state index contributed by atoms with van der Waals surface area (Å²) in [6, 6.07) is 12.5. The number of hydrogen-bond acceptors (Lipinski definition) is 4. The summed E-state index contributed by atoms with van der Waals surface area (Å²) in [5.74, 6) is -1.89. The normalized spacial score (nSPS) is 11.6. The van der Waals surface area contributed by atoms with Crippen LogP contribution in [0, 0.1) is 0 Å². The number of ketones is 1. The van der Waals surface area contributed by atoms with Gasteiger partial charge in [-0.3, -0.25) is 9.59 Å². The Morgan fingerprint density at radius 2 is 1.57 bits per heavy atom. The van der Waals surface area contributed by atoms with E-state index in [2.05, 4.69) is 0 Å². The Hall–Kier alpha value is -2.66. The zero-order valence-electron chi connectivity index (χ0n) is 12.3. The van der Waals surface area contributed by atoms with Crippen molar-refractivity contribution >= 4 is 29.3 Å². The maximum absolute atomic E-state index is 12.6. The lowest BCUT2D eigenvalue weighted by atomic mass is 9.98. The lowest BCUT2D eigenvalue weighted by Crippen LogP contribution is -2.30. The Kier molecular flexibility index (Phi) is 5.13. The standard InChI is InChI=1S/C17H14ClNO4/c1-10(16(19)21)23-17(22)14-5-3-2-4-13(14)15(20)11-6-8-12(18)9-7-11/h2-10H,1H3,(H2,19,21). The van der Waals surface area contributed by atoms with Gasteiger partial charge >= 0.3 is 5.97 Å². The van der Waals surface area contributed by atoms with Crippen LogP contribution < -0.4 is 5.73 Å². The van der Waals surface area contributed by atoms with Crippen molar-refractivity contribution in [2.75, 3.05) is 0 Å². The van der Waals surface area contributed by atoms with E-state index in [9.17, 15) is 14.4 Å². The quantitative estimate of drug-likeness (QED) is 0.674. The van der Waals surface area contributed by atoms with Gasteiger partial charge in [0.05, 0.1) is 5.56 Å². The third kappa shape index (κ3) is 3.96. The van der Waals surface area contributed by atoms with E-state index in [1.54, 1.807) is 36.4 Å². The molecule has 0 aliphatic heterocycles. The molecule has 0 aliphatic rings. The van der Waals surface area contributed by atoms with Crippen LogP contribution in [-0.4, -0.2) is 23.8 Å². The number of rotatable bonds is 5. The Balaban J connectivity index is 2.33. The molecule has 5 nitrogen and oxygen atoms in total. The van der Waals surface area contributed by atoms with Crippen molar-refractivity contribution in [2.45, 2.75) is 13.0 Å². The highest BCUT2D eigenvalue weighted by Gasteiger charge is 2.22. The van der Waals surface area contributed by atoms with Gasteiger partial charge in [0.2, 0.25) is 0 Å². The van der Waals surface area contributed by atoms with Crippen molar-refractivity contribution in [2.24, 2.45) is 5.73 Å². The summed E-state index contributed by atoms with van der Waals surface area (Å²) in [5, 5.41) is 0.504. The van der Waals surface area contributed by atoms with Crippen LogP contribution in [0.2, 0.25) is 5.02 Å². The van der Waals surface area contributed by atoms with Crippen LogP contribution in [0.25, 0.3) is 0 Å². The van der Waals surface area contributed by atoms with Crippen LogP contribution in [0.4, 0.5) is 0 Å². The molecule has 1 atom stereocenters. The fourth-order valence-corrected chi connectivity index (χ4v) is 2.02. The minimum atomic E-state index is -1.08. The summed E-state index contributed by atoms with van der Waals surface area (Å²) < 4.78 is 4.96. The summed E-state index contributed by atoms with van der Waals surface area (Å²) in [7, 11) is 0. The minimum absolute atomic E-state index is 0.0700. The predicted molar refractivity (Wildman–Crippen MR) is 85.4 cm³/mol. The van der Waals surface area contributed by atoms with Crippen molar-refractivity contribution in [3.63, 3.8) is 0 Å². The van der Waals surface area contributed by atoms with Crippen LogP contribution in [0.1, 0.15) is 33.2 Å². The number of carbonyl (C=O) groups is 3. The number of amides is 1. The second-order valence-electron chi connectivity index (χ2n) is 4.83. The molecule has 0 fully saturated rings. The first-order valence-electron chi connectivity index (χ1n) is 6.79. The van der Waals surface area contributed by atoms with Gasteiger partial charge in [-0.15, -0.1) is 0 Å². The molecule has 23 heavy (non-hydrogen) atoms. The summed E-state index contributed by atoms with van der Waals surface area (Å²) in [6.45, 7) is 1.36. The van der Waals surface area contributed by atoms with E-state index in [-0.39, 0.29) is 16.9 Å². The summed E-state index contributed by atoms with van der Waals surface area (Å²) in [4.78, 5) is 35.7. The number of nitrogens with two attached hydrogens (primary N) is 1. The van der Waals surface area contributed by atoms with Crippen LogP contribution >= 0.6 is 11.6 Å². The fourth-order valence-electron chi connectivity index (χ4n) is 1.90. The number of esters is 1. The van der Waals surface area contributed by atoms with E-state index >= 15 is 0 Å². The fraction of sp³-hybridized carbons (Fsp3) is 0.118. The molecule has 2 N–H and O–H groups in total. The first-order chi connectivity index (χ1) is 10.9. The lowest BCUT2D eigenvalue weighted by molar-refractivity contribution is -0.125. The molecule has 0 saturated carbocycles. The highest BCUT2D eigenvalue weighted by atomic mass is 35.5. The van der Waals surface area contributed by atoms with Gasteiger partial charge in [-0.2, -0.15) is 0 Å². The third-order valence-corrected chi connectivity index (χ3v) is 3.43. The van der Waals surface area contributed by atoms with Crippen molar-refractivity contribution in [3.05, 3.63) is 70.2 Å². The molecule has 6 heteroatoms. The number of benzene rings is 2. The molecule has 0 bridgehead atoms. The highest BCUT2D eigenvalue weighted by Crippen LogP contribution is 2.18. The molecule has 0 aliphatic carbocycles. The Morgan fingerprint density at radius 3 is 2.13 bits per heavy atom. The Morgan fingerprint density at radius 1 is 1.00 bits per heavy atom. The molecule has 1 amide bonds. The van der Waals surface area contributed by atoms with E-state index in [1.807, 2.05) is 0 Å². The van der Waals surface area contributed by atoms with Gasteiger partial charge in [-0.05, 0) is 37.3 Å². The van der Waals surface area contributed by atoms with Crippen LogP contribution in [0.3, 0.4) is 0 Å². The molecule has 1 unspecified atom stereocenters. The molecule has 2 aromatic rings. The maximum atomic E-state index is 12.6. The summed E-state index contributed by atoms with van der Waals surface area (Å²) >= 11 is 5.80. The first kappa shape index (κ1) is 16.7. The van der Waals surface area contributed by atoms with E-state index in [4.69, 9.17) is 22.1 Å². The van der Waals surface area contributed by atoms with Gasteiger partial charge < -0.3 is 10.5 Å². The molecule has 0 heterocycles. The summed E-state index contributed by atoms with van der Waals surface area (Å²) in [6.07, 6.45) is -1.08. The van der Waals surface area contributed by atoms with Gasteiger partial charge in [-0.1, -0.05) is 29.8 Å². The molecule has 0 aromatic heterocycles. The predicted octanol–water partition coefficient (Wildman–Crippen LogP) is 2.60. The molecular weight excluding hydrogens is 318 g/mol. The van der Waals surface area contributed by atoms with E-state index in [0.717, 1.165) is 0 Å². The SMILES string of the molecule is CC(OC(=O)c1ccccc1C(=O)c1ccc(Cl)cc1)C(N)=O. The van der Waals surface area contributed by atoms with Crippen LogP contribution in [0.5, 0.6) is 0 Å². The minimum Gasteiger partial charge on any atom is -0.449 e. The van der Waals surface area contributed by atoms with Crippen LogP contribution in [0.15, 0.2) is 48.5 Å². The second kappa shape index (κ2) is 7.07. The zero-order valence-corrected chi connectivity index (χ0v) is 13.0. The second-order valence-corrected chi connectivity index (χ2v) is 5.27. The number of primary amides is 1. The molecular formula is C17H14ClNO4. The Bertz CT molecular complexity index is 755. The van der Waals surface area contributed by atoms with E-state index < -0.39 is 18.0 Å². The molecule has 0 spiro atoms. The van der Waals surface area contributed by atoms with Gasteiger partial charge in [0, 0.05) is 16.1 Å². The third-order valence-electron chi connectivity index (χ3n) is 3.18. The topological polar surface area (TPSA) is 86.5 Å². The first-order valence-corrected chi connectivity index (χ1v) is 7.17. The molecule has 0 saturated heterocycles. The highest BCUT2D eigenvalue weighted by molar-refractivity contribution is 6.30. The number of halogens is 1. The largest absolute Gasteiger partial charge is 0.449 e. The van der Waals surface area contributed by atoms with E-state index in [0.29, 0.717) is 10.6 Å². The monoisotopic (exact) mass is 331 g/mol. The lowest BCUT2D eigenvalue weighted by Gasteiger charge is -2.12. The van der Waals surface area contributed by atoms with Gasteiger partial charge in [-0.25, -0.2) is 4.79 Å². The van der Waals surface area contributed by atoms with Crippen LogP contribution in [-0.2, 0) is 9.53 Å². The van der Waals surface area contributed by atoms with Gasteiger partial charge in [0.15, 0.2) is 11.9 Å². The number of ether oxygens (including phenoxy) is 1. The molecule has 2 aromatic carbocycles. The average molecular weight is 332 g/mol. The van der Waals surface area contributed by atoms with Crippen molar-refractivity contribution in [1.29, 1.82) is 0 Å². The average Bonchev–Trinajstić information content (AvgIpc) is 2.54. The smallest absolute Gasteiger partial charge is 0.339 e. The van der Waals surface area contributed by atoms with Gasteiger partial charge in [0.25, 0.3) is 5.91 Å². The van der Waals surface area contributed by atoms with Crippen molar-refractivity contribution in [1.82, 2.24) is 0 Å². The van der Waals surface area contributed by atoms with Gasteiger partial charge in [0.1, 0.15) is 0 Å².